The number of pyridine rings is 1. The smallest absolute Gasteiger partial charge is 0.253 e. The molecule has 98 valence electrons. The minimum absolute atomic E-state index is 0.111. The van der Waals surface area contributed by atoms with Gasteiger partial charge in [-0.25, -0.2) is 4.98 Å². The fraction of sp³-hybridized carbons (Fsp3) is 0.538. The number of nitrogens with one attached hydrogen (secondary N) is 2. The van der Waals surface area contributed by atoms with Crippen LogP contribution in [0.3, 0.4) is 0 Å². The highest BCUT2D eigenvalue weighted by Gasteiger charge is 2.24. The first-order valence-corrected chi connectivity index (χ1v) is 6.62. The molecular weight excluding hydrogens is 250 g/mol. The lowest BCUT2D eigenvalue weighted by Crippen LogP contribution is -2.33. The predicted molar refractivity (Wildman–Crippen MR) is 73.1 cm³/mol. The first kappa shape index (κ1) is 13.1. The van der Waals surface area contributed by atoms with E-state index in [0.717, 1.165) is 12.3 Å². The van der Waals surface area contributed by atoms with Gasteiger partial charge in [-0.1, -0.05) is 24.4 Å². The van der Waals surface area contributed by atoms with Crippen LogP contribution in [-0.2, 0) is 0 Å². The lowest BCUT2D eigenvalue weighted by Gasteiger charge is -2.13. The average Bonchev–Trinajstić information content (AvgIpc) is 3.12. The van der Waals surface area contributed by atoms with Crippen molar-refractivity contribution in [3.63, 3.8) is 0 Å². The zero-order valence-electron chi connectivity index (χ0n) is 10.7. The van der Waals surface area contributed by atoms with Crippen LogP contribution in [0.25, 0.3) is 0 Å². The summed E-state index contributed by atoms with van der Waals surface area (Å²) in [4.78, 5) is 16.1. The second kappa shape index (κ2) is 5.57. The predicted octanol–water partition coefficient (Wildman–Crippen LogP) is 2.70. The van der Waals surface area contributed by atoms with E-state index in [9.17, 15) is 4.79 Å². The van der Waals surface area contributed by atoms with E-state index in [4.69, 9.17) is 11.6 Å². The minimum atomic E-state index is -0.111. The zero-order chi connectivity index (χ0) is 13.1. The van der Waals surface area contributed by atoms with Crippen LogP contribution in [0.15, 0.2) is 12.3 Å². The first-order chi connectivity index (χ1) is 8.60. The van der Waals surface area contributed by atoms with E-state index in [-0.39, 0.29) is 11.9 Å². The van der Waals surface area contributed by atoms with Crippen molar-refractivity contribution < 1.29 is 4.79 Å². The van der Waals surface area contributed by atoms with Gasteiger partial charge in [0.15, 0.2) is 0 Å². The van der Waals surface area contributed by atoms with E-state index in [0.29, 0.717) is 16.4 Å². The molecule has 0 spiro atoms. The van der Waals surface area contributed by atoms with Gasteiger partial charge in [0, 0.05) is 19.3 Å². The summed E-state index contributed by atoms with van der Waals surface area (Å²) in [7, 11) is 1.74. The quantitative estimate of drug-likeness (QED) is 0.862. The third kappa shape index (κ3) is 3.35. The summed E-state index contributed by atoms with van der Waals surface area (Å²) in [5, 5.41) is 6.29. The molecule has 1 fully saturated rings. The second-order valence-electron chi connectivity index (χ2n) is 4.86. The standard InChI is InChI=1S/C13H18ClN3O/c1-8(5-9-3-4-9)17-13(18)10-6-11(14)12(15-2)16-7-10/h6-9H,3-5H2,1-2H3,(H,15,16)(H,17,18). The summed E-state index contributed by atoms with van der Waals surface area (Å²) in [5.74, 6) is 1.27. The van der Waals surface area contributed by atoms with Crippen molar-refractivity contribution in [1.82, 2.24) is 10.3 Å². The van der Waals surface area contributed by atoms with Crippen LogP contribution in [0.5, 0.6) is 0 Å². The zero-order valence-corrected chi connectivity index (χ0v) is 11.4. The summed E-state index contributed by atoms with van der Waals surface area (Å²) in [6.45, 7) is 2.03. The van der Waals surface area contributed by atoms with Crippen LogP contribution in [0.1, 0.15) is 36.5 Å². The molecule has 1 aliphatic carbocycles. The molecule has 1 aromatic rings. The Kier molecular flexibility index (Phi) is 4.07. The number of anilines is 1. The van der Waals surface area contributed by atoms with Crippen LogP contribution in [0, 0.1) is 5.92 Å². The molecule has 1 amide bonds. The Morgan fingerprint density at radius 3 is 2.89 bits per heavy atom. The van der Waals surface area contributed by atoms with Gasteiger partial charge in [0.25, 0.3) is 5.91 Å². The molecule has 0 radical (unpaired) electrons. The van der Waals surface area contributed by atoms with Crippen LogP contribution in [-0.4, -0.2) is 24.0 Å². The molecule has 0 aliphatic heterocycles. The van der Waals surface area contributed by atoms with Gasteiger partial charge in [-0.15, -0.1) is 0 Å². The Morgan fingerprint density at radius 2 is 2.33 bits per heavy atom. The van der Waals surface area contributed by atoms with Crippen LogP contribution >= 0.6 is 11.6 Å². The van der Waals surface area contributed by atoms with Gasteiger partial charge in [0.2, 0.25) is 0 Å². The van der Waals surface area contributed by atoms with Crippen molar-refractivity contribution in [3.05, 3.63) is 22.8 Å². The summed E-state index contributed by atoms with van der Waals surface area (Å²) < 4.78 is 0. The van der Waals surface area contributed by atoms with Gasteiger partial charge < -0.3 is 10.6 Å². The number of amides is 1. The fourth-order valence-corrected chi connectivity index (χ4v) is 2.23. The number of hydrogen-bond acceptors (Lipinski definition) is 3. The average molecular weight is 268 g/mol. The molecule has 0 saturated heterocycles. The largest absolute Gasteiger partial charge is 0.372 e. The molecule has 2 N–H and O–H groups in total. The normalized spacial score (nSPS) is 16.2. The maximum Gasteiger partial charge on any atom is 0.253 e. The SMILES string of the molecule is CNc1ncc(C(=O)NC(C)CC2CC2)cc1Cl. The number of rotatable bonds is 5. The topological polar surface area (TPSA) is 54.0 Å². The summed E-state index contributed by atoms with van der Waals surface area (Å²) in [5.41, 5.74) is 0.502. The summed E-state index contributed by atoms with van der Waals surface area (Å²) in [6, 6.07) is 1.84. The molecule has 2 rings (SSSR count). The summed E-state index contributed by atoms with van der Waals surface area (Å²) >= 11 is 6.00. The third-order valence-electron chi connectivity index (χ3n) is 3.10. The Bertz CT molecular complexity index is 446. The van der Waals surface area contributed by atoms with Crippen molar-refractivity contribution in [3.8, 4) is 0 Å². The molecule has 4 nitrogen and oxygen atoms in total. The van der Waals surface area contributed by atoms with Crippen molar-refractivity contribution in [1.29, 1.82) is 0 Å². The minimum Gasteiger partial charge on any atom is -0.372 e. The highest BCUT2D eigenvalue weighted by Crippen LogP contribution is 2.33. The van der Waals surface area contributed by atoms with Gasteiger partial charge >= 0.3 is 0 Å². The van der Waals surface area contributed by atoms with E-state index in [1.54, 1.807) is 13.1 Å². The maximum atomic E-state index is 12.0. The number of carbonyl (C=O) groups is 1. The van der Waals surface area contributed by atoms with Gasteiger partial charge in [0.05, 0.1) is 10.6 Å². The molecule has 18 heavy (non-hydrogen) atoms. The van der Waals surface area contributed by atoms with Gasteiger partial charge in [-0.2, -0.15) is 0 Å². The molecular formula is C13H18ClN3O. The number of aromatic nitrogens is 1. The van der Waals surface area contributed by atoms with Gasteiger partial charge in [0.1, 0.15) is 5.82 Å². The van der Waals surface area contributed by atoms with E-state index in [2.05, 4.69) is 15.6 Å². The highest BCUT2D eigenvalue weighted by atomic mass is 35.5. The Balaban J connectivity index is 1.97. The second-order valence-corrected chi connectivity index (χ2v) is 5.27. The van der Waals surface area contributed by atoms with E-state index in [1.807, 2.05) is 6.92 Å². The maximum absolute atomic E-state index is 12.0. The van der Waals surface area contributed by atoms with Gasteiger partial charge in [-0.05, 0) is 25.3 Å². The van der Waals surface area contributed by atoms with E-state index >= 15 is 0 Å². The van der Waals surface area contributed by atoms with Crippen LogP contribution in [0.4, 0.5) is 5.82 Å². The Hall–Kier alpha value is -1.29. The molecule has 0 bridgehead atoms. The molecule has 1 saturated carbocycles. The van der Waals surface area contributed by atoms with Crippen molar-refractivity contribution in [2.45, 2.75) is 32.2 Å². The van der Waals surface area contributed by atoms with Crippen molar-refractivity contribution >= 4 is 23.3 Å². The Morgan fingerprint density at radius 1 is 1.61 bits per heavy atom. The van der Waals surface area contributed by atoms with Crippen LogP contribution in [0.2, 0.25) is 5.02 Å². The molecule has 1 atom stereocenters. The Labute approximate surface area is 112 Å². The number of halogens is 1. The van der Waals surface area contributed by atoms with Crippen molar-refractivity contribution in [2.75, 3.05) is 12.4 Å². The number of carbonyl (C=O) groups excluding carboxylic acids is 1. The molecule has 1 aromatic heterocycles. The van der Waals surface area contributed by atoms with Crippen molar-refractivity contribution in [2.24, 2.45) is 5.92 Å². The monoisotopic (exact) mass is 267 g/mol. The third-order valence-corrected chi connectivity index (χ3v) is 3.39. The lowest BCUT2D eigenvalue weighted by atomic mass is 10.1. The molecule has 0 aromatic carbocycles. The molecule has 5 heteroatoms. The van der Waals surface area contributed by atoms with Crippen LogP contribution < -0.4 is 10.6 Å². The number of nitrogens with zero attached hydrogens (tertiary/aromatic N) is 1. The first-order valence-electron chi connectivity index (χ1n) is 6.24. The lowest BCUT2D eigenvalue weighted by molar-refractivity contribution is 0.0937. The highest BCUT2D eigenvalue weighted by molar-refractivity contribution is 6.33. The summed E-state index contributed by atoms with van der Waals surface area (Å²) in [6.07, 6.45) is 5.19. The number of hydrogen-bond donors (Lipinski definition) is 2. The fourth-order valence-electron chi connectivity index (χ4n) is 1.97. The van der Waals surface area contributed by atoms with Gasteiger partial charge in [-0.3, -0.25) is 4.79 Å². The van der Waals surface area contributed by atoms with E-state index in [1.165, 1.54) is 19.0 Å². The van der Waals surface area contributed by atoms with E-state index < -0.39 is 0 Å². The molecule has 1 aliphatic rings. The molecule has 1 unspecified atom stereocenters. The molecule has 1 heterocycles.